The van der Waals surface area contributed by atoms with E-state index in [2.05, 4.69) is 44.8 Å². The summed E-state index contributed by atoms with van der Waals surface area (Å²) >= 11 is 0. The molecular weight excluding hydrogens is 611 g/mol. The van der Waals surface area contributed by atoms with Crippen LogP contribution in [-0.4, -0.2) is 75.2 Å². The Labute approximate surface area is 278 Å². The van der Waals surface area contributed by atoms with Crippen molar-refractivity contribution in [1.82, 2.24) is 18.5 Å². The Hall–Kier alpha value is -3.21. The van der Waals surface area contributed by atoms with Crippen molar-refractivity contribution in [2.24, 2.45) is 23.2 Å². The molecule has 1 unspecified atom stereocenters. The van der Waals surface area contributed by atoms with Gasteiger partial charge in [-0.1, -0.05) is 31.4 Å². The standard InChI is InChI=1S/C37H47N5O4S/c1-38-26-13-15-27-29(17-26)30-18-37(30,35(43)32-24-10-11-25(32)20-41(4)19-24)21-42-31-16-23(36(44)39-47(45,46)40(2)3)12-14-28(31)33(34(27)42)22-8-6-5-7-9-22/h12-17,22,24-25,30,32,38H,5-11,18-21H2,1-4H3,(H,39,44)/t24-,25+,30-,32?,37-/m0/s1. The van der Waals surface area contributed by atoms with E-state index in [1.54, 1.807) is 6.07 Å². The number of carbonyl (C=O) groups is 2. The van der Waals surface area contributed by atoms with E-state index in [1.807, 2.05) is 19.2 Å². The molecule has 5 atom stereocenters. The van der Waals surface area contributed by atoms with E-state index < -0.39 is 21.5 Å². The van der Waals surface area contributed by atoms with Gasteiger partial charge < -0.3 is 14.8 Å². The summed E-state index contributed by atoms with van der Waals surface area (Å²) in [6.45, 7) is 2.57. The van der Waals surface area contributed by atoms with Crippen molar-refractivity contribution in [1.29, 1.82) is 0 Å². The van der Waals surface area contributed by atoms with E-state index in [0.717, 1.165) is 66.1 Å². The van der Waals surface area contributed by atoms with Crippen molar-refractivity contribution < 1.29 is 18.0 Å². The summed E-state index contributed by atoms with van der Waals surface area (Å²) in [7, 11) is 2.99. The molecule has 250 valence electrons. The molecule has 3 aliphatic carbocycles. The third-order valence-corrected chi connectivity index (χ3v) is 13.8. The number of rotatable bonds is 7. The van der Waals surface area contributed by atoms with Gasteiger partial charge in [0.2, 0.25) is 0 Å². The topological polar surface area (TPSA) is 104 Å². The van der Waals surface area contributed by atoms with E-state index in [9.17, 15) is 13.2 Å². The van der Waals surface area contributed by atoms with E-state index >= 15 is 4.79 Å². The molecule has 10 heteroatoms. The highest BCUT2D eigenvalue weighted by molar-refractivity contribution is 7.87. The number of nitrogens with zero attached hydrogens (tertiary/aromatic N) is 3. The molecule has 0 radical (unpaired) electrons. The minimum absolute atomic E-state index is 0.103. The zero-order valence-corrected chi connectivity index (χ0v) is 28.8. The normalized spacial score (nSPS) is 28.8. The van der Waals surface area contributed by atoms with Crippen LogP contribution in [0.1, 0.15) is 84.7 Å². The van der Waals surface area contributed by atoms with Crippen LogP contribution >= 0.6 is 0 Å². The largest absolute Gasteiger partial charge is 0.388 e. The van der Waals surface area contributed by atoms with Gasteiger partial charge in [0.25, 0.3) is 5.91 Å². The molecule has 1 saturated heterocycles. The molecule has 9 nitrogen and oxygen atoms in total. The fourth-order valence-corrected chi connectivity index (χ4v) is 10.5. The van der Waals surface area contributed by atoms with Gasteiger partial charge in [0.15, 0.2) is 0 Å². The third-order valence-electron chi connectivity index (χ3n) is 12.4. The van der Waals surface area contributed by atoms with Gasteiger partial charge >= 0.3 is 10.2 Å². The summed E-state index contributed by atoms with van der Waals surface area (Å²) in [5, 5.41) is 4.47. The number of fused-ring (bicyclic) bond motifs is 9. The van der Waals surface area contributed by atoms with E-state index in [1.165, 1.54) is 55.7 Å². The third kappa shape index (κ3) is 4.88. The molecule has 4 fully saturated rings. The molecule has 3 aromatic rings. The molecule has 2 N–H and O–H groups in total. The van der Waals surface area contributed by atoms with Gasteiger partial charge in [-0.3, -0.25) is 9.59 Å². The first-order valence-electron chi connectivity index (χ1n) is 17.5. The van der Waals surface area contributed by atoms with Crippen LogP contribution in [0, 0.1) is 23.2 Å². The predicted molar refractivity (Wildman–Crippen MR) is 185 cm³/mol. The Morgan fingerprint density at radius 1 is 0.957 bits per heavy atom. The summed E-state index contributed by atoms with van der Waals surface area (Å²) in [5.41, 5.74) is 6.77. The lowest BCUT2D eigenvalue weighted by Crippen LogP contribution is -2.45. The molecule has 8 rings (SSSR count). The highest BCUT2D eigenvalue weighted by atomic mass is 32.2. The smallest absolute Gasteiger partial charge is 0.303 e. The number of piperidine rings is 1. The van der Waals surface area contributed by atoms with E-state index in [4.69, 9.17) is 0 Å². The molecular formula is C37H47N5O4S. The number of aromatic nitrogens is 1. The second-order valence-corrected chi connectivity index (χ2v) is 17.2. The van der Waals surface area contributed by atoms with E-state index in [0.29, 0.717) is 35.6 Å². The van der Waals surface area contributed by atoms with Crippen molar-refractivity contribution in [3.05, 3.63) is 53.1 Å². The number of hydrogen-bond donors (Lipinski definition) is 2. The molecule has 5 aliphatic rings. The maximum absolute atomic E-state index is 15.1. The van der Waals surface area contributed by atoms with Gasteiger partial charge in [0, 0.05) is 74.4 Å². The number of nitrogens with one attached hydrogen (secondary N) is 2. The first-order chi connectivity index (χ1) is 22.5. The van der Waals surface area contributed by atoms with Crippen molar-refractivity contribution in [2.45, 2.75) is 69.7 Å². The first-order valence-corrected chi connectivity index (χ1v) is 18.9. The van der Waals surface area contributed by atoms with Crippen LogP contribution in [0.3, 0.4) is 0 Å². The molecule has 2 aliphatic heterocycles. The fraction of sp³-hybridized carbons (Fsp3) is 0.568. The number of hydrogen-bond acceptors (Lipinski definition) is 6. The van der Waals surface area contributed by atoms with Crippen LogP contribution in [0.5, 0.6) is 0 Å². The van der Waals surface area contributed by atoms with E-state index in [-0.39, 0.29) is 11.8 Å². The van der Waals surface area contributed by atoms with Gasteiger partial charge in [-0.2, -0.15) is 12.7 Å². The molecule has 1 aromatic heterocycles. The van der Waals surface area contributed by atoms with Crippen molar-refractivity contribution >= 4 is 38.5 Å². The Balaban J connectivity index is 1.32. The summed E-state index contributed by atoms with van der Waals surface area (Å²) in [5.74, 6) is 1.28. The number of ketones is 1. The van der Waals surface area contributed by atoms with Gasteiger partial charge in [-0.05, 0) is 98.2 Å². The second kappa shape index (κ2) is 11.2. The van der Waals surface area contributed by atoms with Crippen molar-refractivity contribution in [3.63, 3.8) is 0 Å². The highest BCUT2D eigenvalue weighted by Crippen LogP contribution is 2.68. The summed E-state index contributed by atoms with van der Waals surface area (Å²) < 4.78 is 30.8. The quantitative estimate of drug-likeness (QED) is 0.344. The minimum Gasteiger partial charge on any atom is -0.388 e. The Kier molecular flexibility index (Phi) is 7.39. The molecule has 1 amide bonds. The maximum Gasteiger partial charge on any atom is 0.303 e. The summed E-state index contributed by atoms with van der Waals surface area (Å²) in [6, 6.07) is 12.3. The van der Waals surface area contributed by atoms with Gasteiger partial charge in [0.1, 0.15) is 5.78 Å². The Morgan fingerprint density at radius 3 is 2.36 bits per heavy atom. The predicted octanol–water partition coefficient (Wildman–Crippen LogP) is 5.58. The lowest BCUT2D eigenvalue weighted by Gasteiger charge is -2.37. The number of anilines is 1. The van der Waals surface area contributed by atoms with Gasteiger partial charge in [0.05, 0.1) is 11.1 Å². The highest BCUT2D eigenvalue weighted by Gasteiger charge is 2.65. The molecule has 0 spiro atoms. The summed E-state index contributed by atoms with van der Waals surface area (Å²) in [6.07, 6.45) is 8.96. The van der Waals surface area contributed by atoms with Crippen LogP contribution in [0.2, 0.25) is 0 Å². The van der Waals surface area contributed by atoms with Crippen LogP contribution in [-0.2, 0) is 21.5 Å². The maximum atomic E-state index is 15.1. The number of Topliss-reactive ketones (excluding diaryl/α,β-unsaturated/α-hetero) is 1. The molecule has 3 heterocycles. The second-order valence-electron chi connectivity index (χ2n) is 15.3. The number of carbonyl (C=O) groups excluding carboxylic acids is 2. The average molecular weight is 658 g/mol. The Morgan fingerprint density at radius 2 is 1.68 bits per heavy atom. The number of amides is 1. The molecule has 3 saturated carbocycles. The van der Waals surface area contributed by atoms with Gasteiger partial charge in [-0.25, -0.2) is 4.72 Å². The fourth-order valence-electron chi connectivity index (χ4n) is 10.0. The van der Waals surface area contributed by atoms with Crippen LogP contribution in [0.25, 0.3) is 22.2 Å². The number of likely N-dealkylation sites (tertiary alicyclic amines) is 1. The van der Waals surface area contributed by atoms with Crippen molar-refractivity contribution in [2.75, 3.05) is 46.6 Å². The zero-order valence-electron chi connectivity index (χ0n) is 28.0. The average Bonchev–Trinajstić information content (AvgIpc) is 3.64. The van der Waals surface area contributed by atoms with Crippen LogP contribution < -0.4 is 10.0 Å². The van der Waals surface area contributed by atoms with Crippen molar-refractivity contribution in [3.8, 4) is 11.3 Å². The number of benzene rings is 2. The SMILES string of the molecule is CNc1ccc2c(c1)[C@@H]1C[C@]1(C(=O)C1[C@@H]3CC[C@H]1CN(C)C3)Cn1c-2c(C2CCCCC2)c2ccc(C(=O)NS(=O)(=O)N(C)C)cc21. The zero-order chi connectivity index (χ0) is 32.8. The van der Waals surface area contributed by atoms with Gasteiger partial charge in [-0.15, -0.1) is 0 Å². The van der Waals surface area contributed by atoms with Crippen LogP contribution in [0.4, 0.5) is 5.69 Å². The summed E-state index contributed by atoms with van der Waals surface area (Å²) in [4.78, 5) is 30.9. The molecule has 47 heavy (non-hydrogen) atoms. The van der Waals surface area contributed by atoms with Crippen LogP contribution in [0.15, 0.2) is 36.4 Å². The molecule has 2 aromatic carbocycles. The lowest BCUT2D eigenvalue weighted by atomic mass is 9.75. The lowest BCUT2D eigenvalue weighted by molar-refractivity contribution is -0.133. The minimum atomic E-state index is -3.95. The monoisotopic (exact) mass is 657 g/mol. The first kappa shape index (κ1) is 31.1. The Bertz CT molecular complexity index is 1880. The molecule has 2 bridgehead atoms.